The SMILES string of the molecule is COC(C)C(C)NCC(C)CN(C)C(=O)OC(C)(C)C. The molecule has 0 aliphatic carbocycles. The van der Waals surface area contributed by atoms with Gasteiger partial charge in [-0.15, -0.1) is 0 Å². The largest absolute Gasteiger partial charge is 0.444 e. The molecule has 120 valence electrons. The number of carbonyl (C=O) groups excluding carboxylic acids is 1. The number of carbonyl (C=O) groups is 1. The summed E-state index contributed by atoms with van der Waals surface area (Å²) in [5.74, 6) is 0.346. The van der Waals surface area contributed by atoms with Gasteiger partial charge in [0, 0.05) is 26.7 Å². The van der Waals surface area contributed by atoms with Crippen molar-refractivity contribution in [3.63, 3.8) is 0 Å². The minimum Gasteiger partial charge on any atom is -0.444 e. The zero-order chi connectivity index (χ0) is 15.9. The Bertz CT molecular complexity index is 289. The molecular formula is C15H32N2O3. The van der Waals surface area contributed by atoms with Gasteiger partial charge in [0.2, 0.25) is 0 Å². The van der Waals surface area contributed by atoms with E-state index in [1.54, 1.807) is 19.1 Å². The van der Waals surface area contributed by atoms with Crippen molar-refractivity contribution in [1.82, 2.24) is 10.2 Å². The van der Waals surface area contributed by atoms with Crippen molar-refractivity contribution in [2.75, 3.05) is 27.2 Å². The summed E-state index contributed by atoms with van der Waals surface area (Å²) in [5.41, 5.74) is -0.449. The van der Waals surface area contributed by atoms with Crippen LogP contribution in [0.2, 0.25) is 0 Å². The standard InChI is InChI=1S/C15H32N2O3/c1-11(9-16-12(2)13(3)19-8)10-17(7)14(18)20-15(4,5)6/h11-13,16H,9-10H2,1-8H3. The van der Waals surface area contributed by atoms with Crippen LogP contribution in [0, 0.1) is 5.92 Å². The molecular weight excluding hydrogens is 256 g/mol. The molecule has 0 heterocycles. The van der Waals surface area contributed by atoms with E-state index in [9.17, 15) is 4.79 Å². The lowest BCUT2D eigenvalue weighted by Gasteiger charge is -2.27. The van der Waals surface area contributed by atoms with Crippen LogP contribution in [0.4, 0.5) is 4.79 Å². The summed E-state index contributed by atoms with van der Waals surface area (Å²) in [6, 6.07) is 0.286. The minimum absolute atomic E-state index is 0.172. The molecule has 0 bridgehead atoms. The molecule has 0 aromatic heterocycles. The molecule has 20 heavy (non-hydrogen) atoms. The molecule has 0 aromatic carbocycles. The van der Waals surface area contributed by atoms with Crippen molar-refractivity contribution in [2.45, 2.75) is 59.3 Å². The fraction of sp³-hybridized carbons (Fsp3) is 0.933. The highest BCUT2D eigenvalue weighted by atomic mass is 16.6. The summed E-state index contributed by atoms with van der Waals surface area (Å²) in [7, 11) is 3.48. The van der Waals surface area contributed by atoms with Crippen molar-refractivity contribution in [1.29, 1.82) is 0 Å². The quantitative estimate of drug-likeness (QED) is 0.782. The van der Waals surface area contributed by atoms with Gasteiger partial charge in [-0.05, 0) is 47.1 Å². The van der Waals surface area contributed by atoms with Crippen LogP contribution >= 0.6 is 0 Å². The number of nitrogens with one attached hydrogen (secondary N) is 1. The molecule has 0 aliphatic heterocycles. The molecule has 0 radical (unpaired) electrons. The maximum atomic E-state index is 11.9. The van der Waals surface area contributed by atoms with Crippen LogP contribution in [0.5, 0.6) is 0 Å². The normalized spacial score (nSPS) is 16.4. The van der Waals surface area contributed by atoms with E-state index in [0.29, 0.717) is 12.5 Å². The lowest BCUT2D eigenvalue weighted by molar-refractivity contribution is 0.0273. The summed E-state index contributed by atoms with van der Waals surface area (Å²) in [5, 5.41) is 3.42. The van der Waals surface area contributed by atoms with Crippen molar-refractivity contribution < 1.29 is 14.3 Å². The van der Waals surface area contributed by atoms with Gasteiger partial charge in [-0.25, -0.2) is 4.79 Å². The highest BCUT2D eigenvalue weighted by Crippen LogP contribution is 2.10. The molecule has 3 unspecified atom stereocenters. The van der Waals surface area contributed by atoms with Crippen molar-refractivity contribution in [3.05, 3.63) is 0 Å². The third-order valence-electron chi connectivity index (χ3n) is 3.15. The highest BCUT2D eigenvalue weighted by molar-refractivity contribution is 5.67. The molecule has 0 fully saturated rings. The summed E-state index contributed by atoms with van der Waals surface area (Å²) < 4.78 is 10.6. The molecule has 1 N–H and O–H groups in total. The van der Waals surface area contributed by atoms with E-state index < -0.39 is 5.60 Å². The first kappa shape index (κ1) is 19.2. The van der Waals surface area contributed by atoms with E-state index in [2.05, 4.69) is 19.2 Å². The van der Waals surface area contributed by atoms with E-state index in [4.69, 9.17) is 9.47 Å². The first-order chi connectivity index (χ1) is 9.06. The molecule has 0 aromatic rings. The van der Waals surface area contributed by atoms with E-state index in [0.717, 1.165) is 6.54 Å². The monoisotopic (exact) mass is 288 g/mol. The van der Waals surface area contributed by atoms with Gasteiger partial charge in [-0.1, -0.05) is 6.92 Å². The number of nitrogens with zero attached hydrogens (tertiary/aromatic N) is 1. The van der Waals surface area contributed by atoms with Crippen LogP contribution in [0.1, 0.15) is 41.5 Å². The van der Waals surface area contributed by atoms with Crippen LogP contribution in [0.25, 0.3) is 0 Å². The fourth-order valence-electron chi connectivity index (χ4n) is 1.70. The number of ether oxygens (including phenoxy) is 2. The van der Waals surface area contributed by atoms with Gasteiger partial charge in [0.1, 0.15) is 5.60 Å². The van der Waals surface area contributed by atoms with Gasteiger partial charge in [0.25, 0.3) is 0 Å². The Kier molecular flexibility index (Phi) is 8.13. The van der Waals surface area contributed by atoms with Crippen molar-refractivity contribution in [3.8, 4) is 0 Å². The summed E-state index contributed by atoms with van der Waals surface area (Å²) in [6.45, 7) is 13.4. The third-order valence-corrected chi connectivity index (χ3v) is 3.15. The first-order valence-electron chi connectivity index (χ1n) is 7.27. The molecule has 0 saturated carbocycles. The minimum atomic E-state index is -0.449. The van der Waals surface area contributed by atoms with Gasteiger partial charge < -0.3 is 19.7 Å². The number of hydrogen-bond donors (Lipinski definition) is 1. The summed E-state index contributed by atoms with van der Waals surface area (Å²) in [4.78, 5) is 13.5. The Morgan fingerprint density at radius 1 is 1.25 bits per heavy atom. The van der Waals surface area contributed by atoms with E-state index in [1.807, 2.05) is 27.7 Å². The summed E-state index contributed by atoms with van der Waals surface area (Å²) in [6.07, 6.45) is -0.103. The average molecular weight is 288 g/mol. The zero-order valence-corrected chi connectivity index (χ0v) is 14.3. The number of rotatable bonds is 7. The Morgan fingerprint density at radius 2 is 1.80 bits per heavy atom. The molecule has 1 amide bonds. The molecule has 0 saturated heterocycles. The summed E-state index contributed by atoms with van der Waals surface area (Å²) >= 11 is 0. The first-order valence-corrected chi connectivity index (χ1v) is 7.27. The smallest absolute Gasteiger partial charge is 0.410 e. The highest BCUT2D eigenvalue weighted by Gasteiger charge is 2.21. The van der Waals surface area contributed by atoms with Crippen LogP contribution in [-0.2, 0) is 9.47 Å². The number of methoxy groups -OCH3 is 1. The van der Waals surface area contributed by atoms with Gasteiger partial charge >= 0.3 is 6.09 Å². The second-order valence-electron chi connectivity index (χ2n) is 6.60. The third kappa shape index (κ3) is 8.38. The lowest BCUT2D eigenvalue weighted by Crippen LogP contribution is -2.42. The van der Waals surface area contributed by atoms with Crippen LogP contribution in [0.3, 0.4) is 0 Å². The molecule has 5 heteroatoms. The second kappa shape index (κ2) is 8.47. The van der Waals surface area contributed by atoms with Crippen molar-refractivity contribution >= 4 is 6.09 Å². The van der Waals surface area contributed by atoms with Gasteiger partial charge in [0.05, 0.1) is 6.10 Å². The molecule has 3 atom stereocenters. The van der Waals surface area contributed by atoms with E-state index in [-0.39, 0.29) is 18.2 Å². The lowest BCUT2D eigenvalue weighted by atomic mass is 10.1. The molecule has 0 spiro atoms. The fourth-order valence-corrected chi connectivity index (χ4v) is 1.70. The Hall–Kier alpha value is -0.810. The molecule has 0 rings (SSSR count). The number of amides is 1. The van der Waals surface area contributed by atoms with Gasteiger partial charge in [-0.2, -0.15) is 0 Å². The van der Waals surface area contributed by atoms with E-state index >= 15 is 0 Å². The van der Waals surface area contributed by atoms with E-state index in [1.165, 1.54) is 0 Å². The average Bonchev–Trinajstić information content (AvgIpc) is 2.32. The molecule has 0 aliphatic rings. The second-order valence-corrected chi connectivity index (χ2v) is 6.60. The topological polar surface area (TPSA) is 50.8 Å². The predicted octanol–water partition coefficient (Wildman–Crippen LogP) is 2.50. The maximum absolute atomic E-state index is 11.9. The Morgan fingerprint density at radius 3 is 2.25 bits per heavy atom. The Balaban J connectivity index is 4.07. The zero-order valence-electron chi connectivity index (χ0n) is 14.3. The van der Waals surface area contributed by atoms with Gasteiger partial charge in [0.15, 0.2) is 0 Å². The Labute approximate surface area is 124 Å². The van der Waals surface area contributed by atoms with Gasteiger partial charge in [-0.3, -0.25) is 0 Å². The predicted molar refractivity (Wildman–Crippen MR) is 82.0 cm³/mol. The van der Waals surface area contributed by atoms with Crippen LogP contribution < -0.4 is 5.32 Å². The van der Waals surface area contributed by atoms with Crippen molar-refractivity contribution in [2.24, 2.45) is 5.92 Å². The van der Waals surface area contributed by atoms with Crippen LogP contribution in [0.15, 0.2) is 0 Å². The number of hydrogen-bond acceptors (Lipinski definition) is 4. The van der Waals surface area contributed by atoms with Crippen LogP contribution in [-0.4, -0.2) is 56.0 Å². The maximum Gasteiger partial charge on any atom is 0.410 e. The molecule has 5 nitrogen and oxygen atoms in total.